The van der Waals surface area contributed by atoms with Crippen LogP contribution in [0.1, 0.15) is 37.0 Å². The number of carbonyl (C=O) groups excluding carboxylic acids is 2. The fraction of sp³-hybridized carbons (Fsp3) is 0.310. The molecule has 0 radical (unpaired) electrons. The van der Waals surface area contributed by atoms with Crippen molar-refractivity contribution >= 4 is 35.0 Å². The predicted octanol–water partition coefficient (Wildman–Crippen LogP) is 6.24. The number of carbonyl (C=O) groups is 2. The first-order chi connectivity index (χ1) is 17.3. The number of amides is 2. The van der Waals surface area contributed by atoms with E-state index in [1.54, 1.807) is 35.2 Å². The minimum atomic E-state index is -0.733. The SMILES string of the molecule is CC[C@H](C)NC(=O)[C@H](Cc1ccccc1)N(Cc1cccc(Cl)c1)C(=O)COc1ccc(Cl)c(C)c1. The van der Waals surface area contributed by atoms with Crippen LogP contribution in [-0.4, -0.2) is 35.4 Å². The Labute approximate surface area is 223 Å². The van der Waals surface area contributed by atoms with E-state index in [0.717, 1.165) is 23.1 Å². The normalized spacial score (nSPS) is 12.5. The first-order valence-electron chi connectivity index (χ1n) is 12.0. The highest BCUT2D eigenvalue weighted by Gasteiger charge is 2.31. The quantitative estimate of drug-likeness (QED) is 0.322. The van der Waals surface area contributed by atoms with Crippen LogP contribution >= 0.6 is 23.2 Å². The molecule has 190 valence electrons. The molecule has 1 N–H and O–H groups in total. The Balaban J connectivity index is 1.91. The van der Waals surface area contributed by atoms with Crippen molar-refractivity contribution in [3.05, 3.63) is 99.5 Å². The van der Waals surface area contributed by atoms with Gasteiger partial charge in [-0.1, -0.05) is 72.6 Å². The van der Waals surface area contributed by atoms with Crippen molar-refractivity contribution in [1.29, 1.82) is 0 Å². The van der Waals surface area contributed by atoms with Crippen LogP contribution in [-0.2, 0) is 22.6 Å². The zero-order valence-electron chi connectivity index (χ0n) is 20.8. The van der Waals surface area contributed by atoms with Gasteiger partial charge < -0.3 is 15.0 Å². The molecule has 0 fully saturated rings. The lowest BCUT2D eigenvalue weighted by Gasteiger charge is -2.32. The van der Waals surface area contributed by atoms with E-state index < -0.39 is 6.04 Å². The number of halogens is 2. The van der Waals surface area contributed by atoms with E-state index in [-0.39, 0.29) is 31.0 Å². The van der Waals surface area contributed by atoms with E-state index in [2.05, 4.69) is 5.32 Å². The van der Waals surface area contributed by atoms with E-state index in [4.69, 9.17) is 27.9 Å². The molecular formula is C29H32Cl2N2O3. The Bertz CT molecular complexity index is 1170. The van der Waals surface area contributed by atoms with Gasteiger partial charge in [-0.25, -0.2) is 0 Å². The smallest absolute Gasteiger partial charge is 0.261 e. The lowest BCUT2D eigenvalue weighted by molar-refractivity contribution is -0.143. The molecule has 0 saturated heterocycles. The van der Waals surface area contributed by atoms with Crippen molar-refractivity contribution in [2.75, 3.05) is 6.61 Å². The third-order valence-corrected chi connectivity index (χ3v) is 6.66. The zero-order chi connectivity index (χ0) is 26.1. The maximum atomic E-state index is 13.6. The van der Waals surface area contributed by atoms with Gasteiger partial charge in [0, 0.05) is 29.1 Å². The van der Waals surface area contributed by atoms with E-state index in [0.29, 0.717) is 22.2 Å². The van der Waals surface area contributed by atoms with Gasteiger partial charge in [-0.3, -0.25) is 9.59 Å². The maximum Gasteiger partial charge on any atom is 0.261 e. The number of hydrogen-bond acceptors (Lipinski definition) is 3. The summed E-state index contributed by atoms with van der Waals surface area (Å²) in [6.45, 7) is 5.83. The lowest BCUT2D eigenvalue weighted by Crippen LogP contribution is -2.53. The molecule has 5 nitrogen and oxygen atoms in total. The first-order valence-corrected chi connectivity index (χ1v) is 12.8. The Morgan fingerprint density at radius 3 is 2.36 bits per heavy atom. The van der Waals surface area contributed by atoms with Crippen molar-refractivity contribution in [3.8, 4) is 5.75 Å². The second kappa shape index (κ2) is 13.3. The largest absolute Gasteiger partial charge is 0.484 e. The molecule has 2 amide bonds. The first kappa shape index (κ1) is 27.6. The summed E-state index contributed by atoms with van der Waals surface area (Å²) >= 11 is 12.3. The van der Waals surface area contributed by atoms with Crippen LogP contribution in [0.2, 0.25) is 10.0 Å². The summed E-state index contributed by atoms with van der Waals surface area (Å²) in [5.74, 6) is 0.0327. The summed E-state index contributed by atoms with van der Waals surface area (Å²) in [7, 11) is 0. The number of rotatable bonds is 11. The highest BCUT2D eigenvalue weighted by Crippen LogP contribution is 2.22. The maximum absolute atomic E-state index is 13.6. The van der Waals surface area contributed by atoms with Crippen LogP contribution in [0.3, 0.4) is 0 Å². The predicted molar refractivity (Wildman–Crippen MR) is 146 cm³/mol. The van der Waals surface area contributed by atoms with Gasteiger partial charge >= 0.3 is 0 Å². The fourth-order valence-corrected chi connectivity index (χ4v) is 4.09. The van der Waals surface area contributed by atoms with Crippen LogP contribution < -0.4 is 10.1 Å². The van der Waals surface area contributed by atoms with Crippen LogP contribution in [0.25, 0.3) is 0 Å². The number of ether oxygens (including phenoxy) is 1. The lowest BCUT2D eigenvalue weighted by atomic mass is 10.0. The average molecular weight is 527 g/mol. The van der Waals surface area contributed by atoms with Gasteiger partial charge in [0.2, 0.25) is 5.91 Å². The molecule has 0 aliphatic carbocycles. The van der Waals surface area contributed by atoms with Gasteiger partial charge in [-0.2, -0.15) is 0 Å². The van der Waals surface area contributed by atoms with Crippen LogP contribution in [0.15, 0.2) is 72.8 Å². The molecule has 0 aliphatic rings. The third kappa shape index (κ3) is 8.00. The average Bonchev–Trinajstić information content (AvgIpc) is 2.87. The van der Waals surface area contributed by atoms with Crippen LogP contribution in [0.4, 0.5) is 0 Å². The monoisotopic (exact) mass is 526 g/mol. The molecule has 0 bridgehead atoms. The molecule has 0 aromatic heterocycles. The molecule has 0 heterocycles. The van der Waals surface area contributed by atoms with Crippen molar-refractivity contribution in [2.24, 2.45) is 0 Å². The molecule has 3 aromatic carbocycles. The summed E-state index contributed by atoms with van der Waals surface area (Å²) < 4.78 is 5.82. The van der Waals surface area contributed by atoms with Crippen LogP contribution in [0.5, 0.6) is 5.75 Å². The topological polar surface area (TPSA) is 58.6 Å². The Kier molecular flexibility index (Phi) is 10.2. The van der Waals surface area contributed by atoms with E-state index in [1.807, 2.05) is 63.2 Å². The molecular weight excluding hydrogens is 495 g/mol. The van der Waals surface area contributed by atoms with E-state index >= 15 is 0 Å². The van der Waals surface area contributed by atoms with E-state index in [1.165, 1.54) is 0 Å². The Morgan fingerprint density at radius 1 is 0.972 bits per heavy atom. The molecule has 36 heavy (non-hydrogen) atoms. The number of aryl methyl sites for hydroxylation is 1. The number of nitrogens with zero attached hydrogens (tertiary/aromatic N) is 1. The highest BCUT2D eigenvalue weighted by atomic mass is 35.5. The summed E-state index contributed by atoms with van der Waals surface area (Å²) in [5.41, 5.74) is 2.64. The number of nitrogens with one attached hydrogen (secondary N) is 1. The summed E-state index contributed by atoms with van der Waals surface area (Å²) in [4.78, 5) is 28.7. The minimum Gasteiger partial charge on any atom is -0.484 e. The molecule has 0 unspecified atom stereocenters. The molecule has 2 atom stereocenters. The van der Waals surface area contributed by atoms with Crippen molar-refractivity contribution in [1.82, 2.24) is 10.2 Å². The fourth-order valence-electron chi connectivity index (χ4n) is 3.76. The van der Waals surface area contributed by atoms with Crippen molar-refractivity contribution < 1.29 is 14.3 Å². The van der Waals surface area contributed by atoms with Crippen molar-refractivity contribution in [3.63, 3.8) is 0 Å². The Hall–Kier alpha value is -3.02. The summed E-state index contributed by atoms with van der Waals surface area (Å²) in [6.07, 6.45) is 1.15. The summed E-state index contributed by atoms with van der Waals surface area (Å²) in [6, 6.07) is 21.5. The molecule has 7 heteroatoms. The standard InChI is InChI=1S/C29H32Cl2N2O3/c1-4-21(3)32-29(35)27(17-22-9-6-5-7-10-22)33(18-23-11-8-12-24(30)16-23)28(34)19-36-25-13-14-26(31)20(2)15-25/h5-16,21,27H,4,17-19H2,1-3H3,(H,32,35)/t21-,27-/m0/s1. The van der Waals surface area contributed by atoms with Gasteiger partial charge in [0.1, 0.15) is 11.8 Å². The second-order valence-corrected chi connectivity index (χ2v) is 9.72. The molecule has 3 aromatic rings. The minimum absolute atomic E-state index is 0.0211. The van der Waals surface area contributed by atoms with Crippen LogP contribution in [0, 0.1) is 6.92 Å². The third-order valence-electron chi connectivity index (χ3n) is 6.01. The number of hydrogen-bond donors (Lipinski definition) is 1. The van der Waals surface area contributed by atoms with E-state index in [9.17, 15) is 9.59 Å². The van der Waals surface area contributed by atoms with Crippen molar-refractivity contribution in [2.45, 2.75) is 52.2 Å². The molecule has 0 spiro atoms. The summed E-state index contributed by atoms with van der Waals surface area (Å²) in [5, 5.41) is 4.25. The number of benzene rings is 3. The van der Waals surface area contributed by atoms with Gasteiger partial charge in [0.15, 0.2) is 6.61 Å². The molecule has 3 rings (SSSR count). The molecule has 0 aliphatic heterocycles. The van der Waals surface area contributed by atoms with Gasteiger partial charge in [0.25, 0.3) is 5.91 Å². The molecule has 0 saturated carbocycles. The Morgan fingerprint density at radius 2 is 1.69 bits per heavy atom. The highest BCUT2D eigenvalue weighted by molar-refractivity contribution is 6.31. The zero-order valence-corrected chi connectivity index (χ0v) is 22.4. The second-order valence-electron chi connectivity index (χ2n) is 8.87. The van der Waals surface area contributed by atoms with Gasteiger partial charge in [0.05, 0.1) is 0 Å². The van der Waals surface area contributed by atoms with Gasteiger partial charge in [-0.05, 0) is 67.3 Å². The van der Waals surface area contributed by atoms with Gasteiger partial charge in [-0.15, -0.1) is 0 Å².